The molecule has 0 saturated carbocycles. The van der Waals surface area contributed by atoms with Crippen molar-refractivity contribution in [3.05, 3.63) is 0 Å². The van der Waals surface area contributed by atoms with Crippen molar-refractivity contribution in [2.75, 3.05) is 13.6 Å². The Morgan fingerprint density at radius 1 is 1.28 bits per heavy atom. The summed E-state index contributed by atoms with van der Waals surface area (Å²) in [5.41, 5.74) is 5.91. The van der Waals surface area contributed by atoms with E-state index in [4.69, 9.17) is 5.73 Å². The number of nitrogens with zero attached hydrogens (tertiary/aromatic N) is 2. The zero-order valence-electron chi connectivity index (χ0n) is 11.7. The standard InChI is InChI=1S/C11H25N3O2S.ClH/c1-9(2)13(4)17(15,16)14-8-6-5-7-11(14)10(3)12;/h9-11H,5-8,12H2,1-4H3;1H. The number of piperidine rings is 1. The summed E-state index contributed by atoms with van der Waals surface area (Å²) < 4.78 is 27.9. The van der Waals surface area contributed by atoms with Crippen molar-refractivity contribution in [1.82, 2.24) is 8.61 Å². The van der Waals surface area contributed by atoms with Gasteiger partial charge in [0.2, 0.25) is 0 Å². The molecule has 0 aromatic carbocycles. The van der Waals surface area contributed by atoms with Crippen molar-refractivity contribution in [3.63, 3.8) is 0 Å². The number of hydrogen-bond donors (Lipinski definition) is 1. The number of nitrogens with two attached hydrogens (primary N) is 1. The molecule has 0 aromatic heterocycles. The zero-order valence-corrected chi connectivity index (χ0v) is 13.3. The minimum Gasteiger partial charge on any atom is -0.326 e. The molecule has 0 spiro atoms. The molecule has 0 amide bonds. The lowest BCUT2D eigenvalue weighted by Crippen LogP contribution is -2.56. The normalized spacial score (nSPS) is 24.1. The Morgan fingerprint density at radius 2 is 1.83 bits per heavy atom. The summed E-state index contributed by atoms with van der Waals surface area (Å²) in [5, 5.41) is 0. The fourth-order valence-corrected chi connectivity index (χ4v) is 4.04. The van der Waals surface area contributed by atoms with Crippen molar-refractivity contribution in [2.24, 2.45) is 5.73 Å². The minimum absolute atomic E-state index is 0. The van der Waals surface area contributed by atoms with E-state index in [9.17, 15) is 8.42 Å². The second-order valence-corrected chi connectivity index (χ2v) is 7.09. The first-order valence-corrected chi connectivity index (χ1v) is 7.68. The molecule has 2 unspecified atom stereocenters. The van der Waals surface area contributed by atoms with Crippen LogP contribution in [0.25, 0.3) is 0 Å². The molecule has 0 radical (unpaired) electrons. The lowest BCUT2D eigenvalue weighted by Gasteiger charge is -2.39. The topological polar surface area (TPSA) is 66.6 Å². The van der Waals surface area contributed by atoms with Gasteiger partial charge in [0.05, 0.1) is 0 Å². The monoisotopic (exact) mass is 299 g/mol. The van der Waals surface area contributed by atoms with Gasteiger partial charge in [0.15, 0.2) is 0 Å². The highest BCUT2D eigenvalue weighted by molar-refractivity contribution is 7.86. The maximum absolute atomic E-state index is 12.4. The molecule has 1 saturated heterocycles. The maximum Gasteiger partial charge on any atom is 0.282 e. The first-order chi connectivity index (χ1) is 7.78. The van der Waals surface area contributed by atoms with Gasteiger partial charge in [0.1, 0.15) is 0 Å². The van der Waals surface area contributed by atoms with Crippen LogP contribution in [0.4, 0.5) is 0 Å². The Balaban J connectivity index is 0.00000289. The highest BCUT2D eigenvalue weighted by Gasteiger charge is 2.37. The molecular weight excluding hydrogens is 274 g/mol. The van der Waals surface area contributed by atoms with E-state index in [1.807, 2.05) is 20.8 Å². The predicted octanol–water partition coefficient (Wildman–Crippen LogP) is 1.19. The van der Waals surface area contributed by atoms with Crippen LogP contribution < -0.4 is 5.73 Å². The fraction of sp³-hybridized carbons (Fsp3) is 1.00. The largest absolute Gasteiger partial charge is 0.326 e. The molecular formula is C11H26ClN3O2S. The Kier molecular flexibility index (Phi) is 7.10. The highest BCUT2D eigenvalue weighted by Crippen LogP contribution is 2.24. The molecule has 1 aliphatic heterocycles. The Bertz CT molecular complexity index is 346. The SMILES string of the molecule is CC(N)C1CCCCN1S(=O)(=O)N(C)C(C)C.Cl. The smallest absolute Gasteiger partial charge is 0.282 e. The van der Waals surface area contributed by atoms with Crippen LogP contribution >= 0.6 is 12.4 Å². The lowest BCUT2D eigenvalue weighted by atomic mass is 10.00. The Morgan fingerprint density at radius 3 is 2.28 bits per heavy atom. The summed E-state index contributed by atoms with van der Waals surface area (Å²) >= 11 is 0. The second kappa shape index (κ2) is 7.05. The van der Waals surface area contributed by atoms with E-state index in [0.717, 1.165) is 19.3 Å². The quantitative estimate of drug-likeness (QED) is 0.848. The number of halogens is 1. The van der Waals surface area contributed by atoms with Gasteiger partial charge in [-0.05, 0) is 33.6 Å². The maximum atomic E-state index is 12.4. The van der Waals surface area contributed by atoms with E-state index in [0.29, 0.717) is 6.54 Å². The van der Waals surface area contributed by atoms with Crippen molar-refractivity contribution in [3.8, 4) is 0 Å². The van der Waals surface area contributed by atoms with Gasteiger partial charge in [0, 0.05) is 31.7 Å². The Hall–Kier alpha value is 0.120. The van der Waals surface area contributed by atoms with Gasteiger partial charge in [-0.1, -0.05) is 6.42 Å². The van der Waals surface area contributed by atoms with E-state index in [1.54, 1.807) is 11.4 Å². The lowest BCUT2D eigenvalue weighted by molar-refractivity contribution is 0.209. The van der Waals surface area contributed by atoms with Crippen LogP contribution in [0.1, 0.15) is 40.0 Å². The summed E-state index contributed by atoms with van der Waals surface area (Å²) in [5.74, 6) is 0. The minimum atomic E-state index is -3.37. The molecule has 2 atom stereocenters. The molecule has 7 heteroatoms. The van der Waals surface area contributed by atoms with Crippen LogP contribution in [0.3, 0.4) is 0 Å². The molecule has 110 valence electrons. The third-order valence-corrected chi connectivity index (χ3v) is 5.69. The van der Waals surface area contributed by atoms with E-state index in [2.05, 4.69) is 0 Å². The van der Waals surface area contributed by atoms with Gasteiger partial charge in [-0.2, -0.15) is 17.0 Å². The highest BCUT2D eigenvalue weighted by atomic mass is 35.5. The molecule has 0 aliphatic carbocycles. The molecule has 2 N–H and O–H groups in total. The van der Waals surface area contributed by atoms with Crippen LogP contribution in [-0.2, 0) is 10.2 Å². The van der Waals surface area contributed by atoms with Crippen LogP contribution in [0.5, 0.6) is 0 Å². The third kappa shape index (κ3) is 3.81. The third-order valence-electron chi connectivity index (χ3n) is 3.49. The van der Waals surface area contributed by atoms with Gasteiger partial charge >= 0.3 is 0 Å². The number of hydrogen-bond acceptors (Lipinski definition) is 3. The first kappa shape index (κ1) is 18.1. The van der Waals surface area contributed by atoms with Gasteiger partial charge in [-0.3, -0.25) is 0 Å². The molecule has 18 heavy (non-hydrogen) atoms. The summed E-state index contributed by atoms with van der Waals surface area (Å²) in [6, 6.07) is -0.212. The van der Waals surface area contributed by atoms with E-state index in [1.165, 1.54) is 4.31 Å². The van der Waals surface area contributed by atoms with Crippen molar-refractivity contribution in [1.29, 1.82) is 0 Å². The molecule has 0 aromatic rings. The van der Waals surface area contributed by atoms with Crippen LogP contribution in [0, 0.1) is 0 Å². The predicted molar refractivity (Wildman–Crippen MR) is 77.1 cm³/mol. The van der Waals surface area contributed by atoms with E-state index < -0.39 is 10.2 Å². The van der Waals surface area contributed by atoms with Crippen LogP contribution in [0.15, 0.2) is 0 Å². The van der Waals surface area contributed by atoms with Gasteiger partial charge < -0.3 is 5.73 Å². The molecule has 1 aliphatic rings. The first-order valence-electron chi connectivity index (χ1n) is 6.29. The summed E-state index contributed by atoms with van der Waals surface area (Å²) in [4.78, 5) is 0. The van der Waals surface area contributed by atoms with Crippen molar-refractivity contribution >= 4 is 22.6 Å². The molecule has 1 heterocycles. The summed E-state index contributed by atoms with van der Waals surface area (Å²) in [6.45, 7) is 6.23. The molecule has 1 fully saturated rings. The fourth-order valence-electron chi connectivity index (χ4n) is 2.17. The second-order valence-electron chi connectivity index (χ2n) is 5.15. The van der Waals surface area contributed by atoms with E-state index in [-0.39, 0.29) is 30.5 Å². The van der Waals surface area contributed by atoms with Gasteiger partial charge in [0.25, 0.3) is 10.2 Å². The molecule has 0 bridgehead atoms. The van der Waals surface area contributed by atoms with Gasteiger partial charge in [-0.25, -0.2) is 0 Å². The number of rotatable bonds is 4. The summed E-state index contributed by atoms with van der Waals surface area (Å²) in [7, 11) is -1.74. The zero-order chi connectivity index (χ0) is 13.2. The van der Waals surface area contributed by atoms with Crippen LogP contribution in [-0.4, -0.2) is 48.7 Å². The van der Waals surface area contributed by atoms with Gasteiger partial charge in [-0.15, -0.1) is 12.4 Å². The van der Waals surface area contributed by atoms with Crippen molar-refractivity contribution < 1.29 is 8.42 Å². The van der Waals surface area contributed by atoms with E-state index >= 15 is 0 Å². The van der Waals surface area contributed by atoms with Crippen molar-refractivity contribution in [2.45, 2.75) is 58.2 Å². The van der Waals surface area contributed by atoms with Crippen LogP contribution in [0.2, 0.25) is 0 Å². The Labute approximate surface area is 117 Å². The molecule has 5 nitrogen and oxygen atoms in total. The average molecular weight is 300 g/mol. The average Bonchev–Trinajstić information content (AvgIpc) is 2.27. The summed E-state index contributed by atoms with van der Waals surface area (Å²) in [6.07, 6.45) is 2.85. The molecule has 1 rings (SSSR count).